The summed E-state index contributed by atoms with van der Waals surface area (Å²) in [6, 6.07) is 7.76. The zero-order valence-corrected chi connectivity index (χ0v) is 14.8. The second kappa shape index (κ2) is 8.87. The van der Waals surface area contributed by atoms with Crippen molar-refractivity contribution in [3.8, 4) is 0 Å². The number of nitrogens with one attached hydrogen (secondary N) is 1. The van der Waals surface area contributed by atoms with Gasteiger partial charge in [-0.1, -0.05) is 53.9 Å². The molecule has 1 N–H and O–H groups in total. The van der Waals surface area contributed by atoms with Gasteiger partial charge in [0, 0.05) is 16.6 Å². The van der Waals surface area contributed by atoms with Crippen LogP contribution in [0.1, 0.15) is 38.2 Å². The normalized spacial score (nSPS) is 21.1. The summed E-state index contributed by atoms with van der Waals surface area (Å²) in [5.74, 6) is -0.266. The molecule has 0 aliphatic heterocycles. The monoisotopic (exact) mass is 379 g/mol. The van der Waals surface area contributed by atoms with Gasteiger partial charge in [0.25, 0.3) is 5.91 Å². The molecule has 23 heavy (non-hydrogen) atoms. The van der Waals surface area contributed by atoms with Gasteiger partial charge in [0.15, 0.2) is 6.61 Å². The molecule has 1 saturated carbocycles. The highest BCUT2D eigenvalue weighted by molar-refractivity contribution is 9.10. The number of benzene rings is 1. The van der Waals surface area contributed by atoms with E-state index in [4.69, 9.17) is 4.74 Å². The molecule has 4 nitrogen and oxygen atoms in total. The Bertz CT molecular complexity index is 585. The summed E-state index contributed by atoms with van der Waals surface area (Å²) in [7, 11) is 0. The maximum atomic E-state index is 11.9. The van der Waals surface area contributed by atoms with Crippen LogP contribution in [0.4, 0.5) is 0 Å². The van der Waals surface area contributed by atoms with E-state index in [0.29, 0.717) is 5.92 Å². The van der Waals surface area contributed by atoms with Gasteiger partial charge in [0.2, 0.25) is 0 Å². The summed E-state index contributed by atoms with van der Waals surface area (Å²) in [6.45, 7) is 1.92. The Balaban J connectivity index is 1.75. The molecule has 1 fully saturated rings. The molecule has 0 spiro atoms. The van der Waals surface area contributed by atoms with Crippen LogP contribution in [0.5, 0.6) is 0 Å². The molecule has 0 heterocycles. The molecule has 0 saturated heterocycles. The first-order chi connectivity index (χ1) is 11.1. The summed E-state index contributed by atoms with van der Waals surface area (Å²) in [4.78, 5) is 23.6. The zero-order valence-electron chi connectivity index (χ0n) is 13.3. The van der Waals surface area contributed by atoms with E-state index in [9.17, 15) is 9.59 Å². The van der Waals surface area contributed by atoms with Crippen LogP contribution in [-0.4, -0.2) is 24.5 Å². The van der Waals surface area contributed by atoms with Crippen molar-refractivity contribution in [3.63, 3.8) is 0 Å². The lowest BCUT2D eigenvalue weighted by atomic mass is 9.86. The fourth-order valence-corrected chi connectivity index (χ4v) is 3.15. The van der Waals surface area contributed by atoms with Crippen LogP contribution < -0.4 is 5.32 Å². The second-order valence-electron chi connectivity index (χ2n) is 5.90. The van der Waals surface area contributed by atoms with Crippen LogP contribution in [-0.2, 0) is 14.3 Å². The predicted octanol–water partition coefficient (Wildman–Crippen LogP) is 3.70. The molecule has 1 aliphatic rings. The average molecular weight is 380 g/mol. The van der Waals surface area contributed by atoms with Crippen LogP contribution in [0, 0.1) is 5.92 Å². The summed E-state index contributed by atoms with van der Waals surface area (Å²) in [5, 5.41) is 2.96. The third-order valence-electron chi connectivity index (χ3n) is 4.11. The van der Waals surface area contributed by atoms with Crippen LogP contribution in [0.3, 0.4) is 0 Å². The molecule has 2 rings (SSSR count). The molecule has 0 unspecified atom stereocenters. The predicted molar refractivity (Wildman–Crippen MR) is 93.7 cm³/mol. The van der Waals surface area contributed by atoms with Crippen molar-refractivity contribution in [2.75, 3.05) is 6.61 Å². The number of rotatable bonds is 5. The molecule has 1 aromatic carbocycles. The third-order valence-corrected chi connectivity index (χ3v) is 4.83. The minimum Gasteiger partial charge on any atom is -0.452 e. The van der Waals surface area contributed by atoms with E-state index in [2.05, 4.69) is 28.2 Å². The SMILES string of the molecule is C[C@@H]1CCCC[C@@H]1NC(=O)COC(=O)/C=C/c1ccccc1Br. The molecule has 1 aromatic rings. The second-order valence-corrected chi connectivity index (χ2v) is 6.75. The van der Waals surface area contributed by atoms with Gasteiger partial charge >= 0.3 is 5.97 Å². The first kappa shape index (κ1) is 17.7. The molecule has 1 aliphatic carbocycles. The van der Waals surface area contributed by atoms with E-state index in [1.807, 2.05) is 24.3 Å². The number of hydrogen-bond donors (Lipinski definition) is 1. The average Bonchev–Trinajstić information content (AvgIpc) is 2.54. The van der Waals surface area contributed by atoms with E-state index in [0.717, 1.165) is 29.3 Å². The van der Waals surface area contributed by atoms with Gasteiger partial charge in [-0.05, 0) is 36.5 Å². The number of ether oxygens (including phenoxy) is 1. The maximum absolute atomic E-state index is 11.9. The van der Waals surface area contributed by atoms with Gasteiger partial charge in [0.1, 0.15) is 0 Å². The minimum atomic E-state index is -0.521. The number of carbonyl (C=O) groups excluding carboxylic acids is 2. The smallest absolute Gasteiger partial charge is 0.331 e. The lowest BCUT2D eigenvalue weighted by Crippen LogP contribution is -2.42. The topological polar surface area (TPSA) is 55.4 Å². The Labute approximate surface area is 145 Å². The fraction of sp³-hybridized carbons (Fsp3) is 0.444. The van der Waals surface area contributed by atoms with Crippen LogP contribution in [0.15, 0.2) is 34.8 Å². The lowest BCUT2D eigenvalue weighted by Gasteiger charge is -2.29. The Hall–Kier alpha value is -1.62. The first-order valence-electron chi connectivity index (χ1n) is 7.95. The van der Waals surface area contributed by atoms with E-state index in [1.54, 1.807) is 6.08 Å². The zero-order chi connectivity index (χ0) is 16.7. The number of esters is 1. The molecule has 0 radical (unpaired) electrons. The Kier molecular flexibility index (Phi) is 6.84. The molecule has 2 atom stereocenters. The number of carbonyl (C=O) groups is 2. The van der Waals surface area contributed by atoms with Gasteiger partial charge in [-0.2, -0.15) is 0 Å². The molecule has 5 heteroatoms. The Morgan fingerprint density at radius 2 is 2.04 bits per heavy atom. The van der Waals surface area contributed by atoms with Crippen LogP contribution in [0.25, 0.3) is 6.08 Å². The van der Waals surface area contributed by atoms with Crippen molar-refractivity contribution in [3.05, 3.63) is 40.4 Å². The van der Waals surface area contributed by atoms with E-state index in [1.165, 1.54) is 12.5 Å². The van der Waals surface area contributed by atoms with Gasteiger partial charge in [-0.3, -0.25) is 4.79 Å². The number of halogens is 1. The molecular weight excluding hydrogens is 358 g/mol. The van der Waals surface area contributed by atoms with E-state index < -0.39 is 5.97 Å². The van der Waals surface area contributed by atoms with Crippen molar-refractivity contribution >= 4 is 33.9 Å². The summed E-state index contributed by atoms with van der Waals surface area (Å²) in [5.41, 5.74) is 0.880. The largest absolute Gasteiger partial charge is 0.452 e. The van der Waals surface area contributed by atoms with Crippen molar-refractivity contribution in [1.29, 1.82) is 0 Å². The van der Waals surface area contributed by atoms with Crippen LogP contribution in [0.2, 0.25) is 0 Å². The van der Waals surface area contributed by atoms with Crippen LogP contribution >= 0.6 is 15.9 Å². The fourth-order valence-electron chi connectivity index (χ4n) is 2.73. The third kappa shape index (κ3) is 5.82. The molecule has 124 valence electrons. The Morgan fingerprint density at radius 1 is 1.30 bits per heavy atom. The highest BCUT2D eigenvalue weighted by Crippen LogP contribution is 2.23. The highest BCUT2D eigenvalue weighted by atomic mass is 79.9. The van der Waals surface area contributed by atoms with Crippen molar-refractivity contribution in [2.24, 2.45) is 5.92 Å². The summed E-state index contributed by atoms with van der Waals surface area (Å²) < 4.78 is 5.89. The van der Waals surface area contributed by atoms with Crippen molar-refractivity contribution in [2.45, 2.75) is 38.6 Å². The van der Waals surface area contributed by atoms with E-state index >= 15 is 0 Å². The van der Waals surface area contributed by atoms with Gasteiger partial charge in [0.05, 0.1) is 0 Å². The van der Waals surface area contributed by atoms with E-state index in [-0.39, 0.29) is 18.6 Å². The summed E-state index contributed by atoms with van der Waals surface area (Å²) in [6.07, 6.45) is 7.50. The molecule has 1 amide bonds. The highest BCUT2D eigenvalue weighted by Gasteiger charge is 2.22. The van der Waals surface area contributed by atoms with Gasteiger partial charge in [-0.15, -0.1) is 0 Å². The maximum Gasteiger partial charge on any atom is 0.331 e. The minimum absolute atomic E-state index is 0.200. The molecular formula is C18H22BrNO3. The number of amides is 1. The Morgan fingerprint density at radius 3 is 2.78 bits per heavy atom. The van der Waals surface area contributed by atoms with Crippen molar-refractivity contribution in [1.82, 2.24) is 5.32 Å². The van der Waals surface area contributed by atoms with Gasteiger partial charge < -0.3 is 10.1 Å². The standard InChI is InChI=1S/C18H22BrNO3/c1-13-6-2-5-9-16(13)20-17(21)12-23-18(22)11-10-14-7-3-4-8-15(14)19/h3-4,7-8,10-11,13,16H,2,5-6,9,12H2,1H3,(H,20,21)/b11-10+/t13-,16+/m1/s1. The summed E-state index contributed by atoms with van der Waals surface area (Å²) >= 11 is 3.40. The molecule has 0 aromatic heterocycles. The van der Waals surface area contributed by atoms with Gasteiger partial charge in [-0.25, -0.2) is 4.79 Å². The molecule has 0 bridgehead atoms. The number of hydrogen-bond acceptors (Lipinski definition) is 3. The lowest BCUT2D eigenvalue weighted by molar-refractivity contribution is -0.144. The first-order valence-corrected chi connectivity index (χ1v) is 8.74. The quantitative estimate of drug-likeness (QED) is 0.626. The van der Waals surface area contributed by atoms with Crippen molar-refractivity contribution < 1.29 is 14.3 Å².